The lowest BCUT2D eigenvalue weighted by Gasteiger charge is -2.05. The van der Waals surface area contributed by atoms with Crippen LogP contribution in [0, 0.1) is 21.8 Å². The topological polar surface area (TPSA) is 23.8 Å². The first-order valence-electron chi connectivity index (χ1n) is 3.47. The summed E-state index contributed by atoms with van der Waals surface area (Å²) in [7, 11) is 0. The summed E-state index contributed by atoms with van der Waals surface area (Å²) in [6, 6.07) is 6.24. The van der Waals surface area contributed by atoms with E-state index in [1.165, 1.54) is 5.56 Å². The molecule has 1 rings (SSSR count). The Morgan fingerprint density at radius 1 is 1.58 bits per heavy atom. The molecule has 3 heteroatoms. The molecule has 0 aliphatic rings. The van der Waals surface area contributed by atoms with Gasteiger partial charge < -0.3 is 0 Å². The van der Waals surface area contributed by atoms with E-state index >= 15 is 0 Å². The molecule has 1 aromatic carbocycles. The molecule has 0 N–H and O–H groups in total. The normalized spacial score (nSPS) is 9.50. The summed E-state index contributed by atoms with van der Waals surface area (Å²) in [5.41, 5.74) is 2.28. The highest BCUT2D eigenvalue weighted by Gasteiger charge is 2.05. The number of rotatable bonds is 1. The SMILES string of the molecule is Cc1ccc(I)c(CC#N)c1Br. The van der Waals surface area contributed by atoms with Crippen molar-refractivity contribution in [1.29, 1.82) is 5.26 Å². The third kappa shape index (κ3) is 1.99. The van der Waals surface area contributed by atoms with E-state index < -0.39 is 0 Å². The highest BCUT2D eigenvalue weighted by atomic mass is 127. The minimum Gasteiger partial charge on any atom is -0.198 e. The maximum absolute atomic E-state index is 8.59. The second kappa shape index (κ2) is 4.24. The van der Waals surface area contributed by atoms with Crippen molar-refractivity contribution >= 4 is 38.5 Å². The molecule has 1 aromatic rings. The molecule has 0 spiro atoms. The number of aryl methyl sites for hydroxylation is 1. The average Bonchev–Trinajstić information content (AvgIpc) is 2.06. The van der Waals surface area contributed by atoms with Gasteiger partial charge in [0.1, 0.15) is 0 Å². The number of nitrogens with zero attached hydrogens (tertiary/aromatic N) is 1. The van der Waals surface area contributed by atoms with Crippen LogP contribution >= 0.6 is 38.5 Å². The molecule has 0 aromatic heterocycles. The fraction of sp³-hybridized carbons (Fsp3) is 0.222. The Hall–Kier alpha value is -0.0800. The van der Waals surface area contributed by atoms with Gasteiger partial charge in [-0.05, 0) is 46.7 Å². The predicted molar refractivity (Wildman–Crippen MR) is 60.9 cm³/mol. The van der Waals surface area contributed by atoms with Gasteiger partial charge in [0.25, 0.3) is 0 Å². The Kier molecular flexibility index (Phi) is 3.53. The standard InChI is InChI=1S/C9H7BrIN/c1-6-2-3-8(11)7(4-5-12)9(6)10/h2-3H,4H2,1H3. The van der Waals surface area contributed by atoms with E-state index in [1.807, 2.05) is 19.1 Å². The third-order valence-electron chi connectivity index (χ3n) is 1.63. The molecule has 0 radical (unpaired) electrons. The van der Waals surface area contributed by atoms with Gasteiger partial charge in [0, 0.05) is 8.04 Å². The van der Waals surface area contributed by atoms with Gasteiger partial charge in [-0.2, -0.15) is 5.26 Å². The Labute approximate surface area is 94.0 Å². The van der Waals surface area contributed by atoms with Crippen LogP contribution in [0.15, 0.2) is 16.6 Å². The minimum absolute atomic E-state index is 0.473. The van der Waals surface area contributed by atoms with Gasteiger partial charge >= 0.3 is 0 Å². The van der Waals surface area contributed by atoms with Crippen LogP contribution in [0.2, 0.25) is 0 Å². The molecular formula is C9H7BrIN. The monoisotopic (exact) mass is 335 g/mol. The molecule has 0 heterocycles. The maximum atomic E-state index is 8.59. The number of hydrogen-bond donors (Lipinski definition) is 0. The zero-order valence-electron chi connectivity index (χ0n) is 6.56. The van der Waals surface area contributed by atoms with E-state index in [2.05, 4.69) is 44.6 Å². The molecule has 0 unspecified atom stereocenters. The number of nitriles is 1. The molecule has 12 heavy (non-hydrogen) atoms. The largest absolute Gasteiger partial charge is 0.198 e. The van der Waals surface area contributed by atoms with E-state index in [9.17, 15) is 0 Å². The summed E-state index contributed by atoms with van der Waals surface area (Å²) in [5, 5.41) is 8.59. The van der Waals surface area contributed by atoms with E-state index in [4.69, 9.17) is 5.26 Å². The van der Waals surface area contributed by atoms with E-state index in [0.717, 1.165) is 13.6 Å². The molecule has 0 fully saturated rings. The minimum atomic E-state index is 0.473. The average molecular weight is 336 g/mol. The number of halogens is 2. The van der Waals surface area contributed by atoms with Crippen LogP contribution < -0.4 is 0 Å². The second-order valence-electron chi connectivity index (χ2n) is 2.49. The van der Waals surface area contributed by atoms with Crippen molar-refractivity contribution in [2.24, 2.45) is 0 Å². The van der Waals surface area contributed by atoms with Crippen LogP contribution in [0.5, 0.6) is 0 Å². The first kappa shape index (κ1) is 10.0. The molecule has 0 saturated heterocycles. The van der Waals surface area contributed by atoms with Crippen LogP contribution in [0.3, 0.4) is 0 Å². The molecule has 1 nitrogen and oxygen atoms in total. The van der Waals surface area contributed by atoms with Crippen molar-refractivity contribution in [1.82, 2.24) is 0 Å². The highest BCUT2D eigenvalue weighted by Crippen LogP contribution is 2.26. The summed E-state index contributed by atoms with van der Waals surface area (Å²) in [6.07, 6.45) is 0.473. The van der Waals surface area contributed by atoms with Gasteiger partial charge in [-0.25, -0.2) is 0 Å². The smallest absolute Gasteiger partial charge is 0.0670 e. The van der Waals surface area contributed by atoms with Crippen molar-refractivity contribution in [3.05, 3.63) is 31.3 Å². The first-order chi connectivity index (χ1) is 5.66. The second-order valence-corrected chi connectivity index (χ2v) is 4.45. The predicted octanol–water partition coefficient (Wildman–Crippen LogP) is 3.43. The summed E-state index contributed by atoms with van der Waals surface area (Å²) in [5.74, 6) is 0. The van der Waals surface area contributed by atoms with Gasteiger partial charge in [-0.1, -0.05) is 22.0 Å². The third-order valence-corrected chi connectivity index (χ3v) is 3.75. The van der Waals surface area contributed by atoms with Crippen molar-refractivity contribution in [2.45, 2.75) is 13.3 Å². The van der Waals surface area contributed by atoms with Crippen molar-refractivity contribution in [2.75, 3.05) is 0 Å². The van der Waals surface area contributed by atoms with Crippen molar-refractivity contribution < 1.29 is 0 Å². The number of benzene rings is 1. The van der Waals surface area contributed by atoms with Crippen LogP contribution in [0.1, 0.15) is 11.1 Å². The molecule has 0 saturated carbocycles. The fourth-order valence-corrected chi connectivity index (χ4v) is 2.45. The summed E-state index contributed by atoms with van der Waals surface area (Å²) in [4.78, 5) is 0. The van der Waals surface area contributed by atoms with E-state index in [1.54, 1.807) is 0 Å². The maximum Gasteiger partial charge on any atom is 0.0670 e. The van der Waals surface area contributed by atoms with Crippen LogP contribution in [0.25, 0.3) is 0 Å². The Balaban J connectivity index is 3.25. The summed E-state index contributed by atoms with van der Waals surface area (Å²) >= 11 is 5.72. The van der Waals surface area contributed by atoms with Crippen LogP contribution in [0.4, 0.5) is 0 Å². The van der Waals surface area contributed by atoms with Gasteiger partial charge in [-0.3, -0.25) is 0 Å². The fourth-order valence-electron chi connectivity index (χ4n) is 0.956. The molecule has 0 atom stereocenters. The van der Waals surface area contributed by atoms with Gasteiger partial charge in [0.15, 0.2) is 0 Å². The van der Waals surface area contributed by atoms with Crippen LogP contribution in [-0.2, 0) is 6.42 Å². The Morgan fingerprint density at radius 2 is 2.25 bits per heavy atom. The quantitative estimate of drug-likeness (QED) is 0.721. The molecule has 0 bridgehead atoms. The molecule has 0 aliphatic carbocycles. The van der Waals surface area contributed by atoms with Crippen LogP contribution in [-0.4, -0.2) is 0 Å². The molecule has 0 aliphatic heterocycles. The van der Waals surface area contributed by atoms with E-state index in [-0.39, 0.29) is 0 Å². The lowest BCUT2D eigenvalue weighted by atomic mass is 10.1. The van der Waals surface area contributed by atoms with Crippen molar-refractivity contribution in [3.8, 4) is 6.07 Å². The zero-order valence-corrected chi connectivity index (χ0v) is 10.3. The number of hydrogen-bond acceptors (Lipinski definition) is 1. The first-order valence-corrected chi connectivity index (χ1v) is 5.34. The lowest BCUT2D eigenvalue weighted by Crippen LogP contribution is -1.91. The van der Waals surface area contributed by atoms with Gasteiger partial charge in [0.2, 0.25) is 0 Å². The Morgan fingerprint density at radius 3 is 2.83 bits per heavy atom. The summed E-state index contributed by atoms with van der Waals surface area (Å²) in [6.45, 7) is 2.03. The van der Waals surface area contributed by atoms with Crippen molar-refractivity contribution in [3.63, 3.8) is 0 Å². The zero-order chi connectivity index (χ0) is 9.14. The highest BCUT2D eigenvalue weighted by molar-refractivity contribution is 14.1. The lowest BCUT2D eigenvalue weighted by molar-refractivity contribution is 1.20. The Bertz CT molecular complexity index is 341. The molecular weight excluding hydrogens is 329 g/mol. The molecule has 0 amide bonds. The molecule has 62 valence electrons. The van der Waals surface area contributed by atoms with Gasteiger partial charge in [0.05, 0.1) is 12.5 Å². The summed E-state index contributed by atoms with van der Waals surface area (Å²) < 4.78 is 2.21. The van der Waals surface area contributed by atoms with E-state index in [0.29, 0.717) is 6.42 Å². The van der Waals surface area contributed by atoms with Gasteiger partial charge in [-0.15, -0.1) is 0 Å².